The molecule has 2 amide bonds. The first kappa shape index (κ1) is 23.8. The molecular weight excluding hydrogens is 428 g/mol. The maximum atomic E-state index is 12.2. The van der Waals surface area contributed by atoms with Gasteiger partial charge in [-0.3, -0.25) is 14.5 Å². The average Bonchev–Trinajstić information content (AvgIpc) is 2.77. The molecule has 1 fully saturated rings. The second-order valence-electron chi connectivity index (χ2n) is 8.04. The van der Waals surface area contributed by atoms with E-state index in [1.165, 1.54) is 22.6 Å². The zero-order valence-corrected chi connectivity index (χ0v) is 19.1. The van der Waals surface area contributed by atoms with Gasteiger partial charge in [-0.05, 0) is 49.1 Å². The van der Waals surface area contributed by atoms with E-state index in [-0.39, 0.29) is 29.7 Å². The number of β-lactam (4-membered cyclic amide) rings is 1. The molecule has 2 aromatic rings. The van der Waals surface area contributed by atoms with Crippen molar-refractivity contribution in [3.05, 3.63) is 60.2 Å². The maximum Gasteiger partial charge on any atom is 0.239 e. The first-order chi connectivity index (χ1) is 15.3. The van der Waals surface area contributed by atoms with Crippen molar-refractivity contribution >= 4 is 21.7 Å². The smallest absolute Gasteiger partial charge is 0.239 e. The molecule has 7 nitrogen and oxygen atoms in total. The highest BCUT2D eigenvalue weighted by atomic mass is 32.2. The van der Waals surface area contributed by atoms with Crippen molar-refractivity contribution in [3.63, 3.8) is 0 Å². The van der Waals surface area contributed by atoms with Gasteiger partial charge in [-0.2, -0.15) is 0 Å². The molecule has 1 aliphatic rings. The first-order valence-electron chi connectivity index (χ1n) is 10.9. The molecule has 0 bridgehead atoms. The monoisotopic (exact) mass is 458 g/mol. The van der Waals surface area contributed by atoms with Crippen LogP contribution in [0.3, 0.4) is 0 Å². The normalized spacial score (nSPS) is 15.8. The largest absolute Gasteiger partial charge is 0.470 e. The number of sulfone groups is 1. The van der Waals surface area contributed by atoms with E-state index >= 15 is 0 Å². The van der Waals surface area contributed by atoms with Gasteiger partial charge in [0.05, 0.1) is 11.3 Å². The summed E-state index contributed by atoms with van der Waals surface area (Å²) in [5.74, 6) is 0.109. The van der Waals surface area contributed by atoms with E-state index in [1.54, 1.807) is 12.1 Å². The van der Waals surface area contributed by atoms with E-state index in [9.17, 15) is 18.0 Å². The predicted octanol–water partition coefficient (Wildman–Crippen LogP) is 2.95. The van der Waals surface area contributed by atoms with E-state index in [2.05, 4.69) is 29.6 Å². The Kier molecular flexibility index (Phi) is 8.27. The number of rotatable bonds is 12. The van der Waals surface area contributed by atoms with Gasteiger partial charge in [0.25, 0.3) is 0 Å². The Hall–Kier alpha value is -2.87. The van der Waals surface area contributed by atoms with E-state index in [4.69, 9.17) is 4.74 Å². The van der Waals surface area contributed by atoms with Crippen LogP contribution in [0.5, 0.6) is 5.75 Å². The highest BCUT2D eigenvalue weighted by Crippen LogP contribution is 2.24. The zero-order valence-electron chi connectivity index (χ0n) is 18.3. The molecule has 1 unspecified atom stereocenters. The van der Waals surface area contributed by atoms with Crippen LogP contribution in [0.15, 0.2) is 59.5 Å². The predicted molar refractivity (Wildman–Crippen MR) is 122 cm³/mol. The summed E-state index contributed by atoms with van der Waals surface area (Å²) in [4.78, 5) is 25.7. The summed E-state index contributed by atoms with van der Waals surface area (Å²) in [6, 6.07) is 16.4. The summed E-state index contributed by atoms with van der Waals surface area (Å²) in [5.41, 5.74) is 1.35. The molecule has 1 atom stereocenters. The van der Waals surface area contributed by atoms with Crippen molar-refractivity contribution < 1.29 is 22.7 Å². The molecule has 1 heterocycles. The van der Waals surface area contributed by atoms with E-state index in [0.717, 1.165) is 38.4 Å². The minimum atomic E-state index is -3.28. The molecule has 32 heavy (non-hydrogen) atoms. The van der Waals surface area contributed by atoms with Crippen LogP contribution >= 0.6 is 0 Å². The molecule has 0 spiro atoms. The fourth-order valence-corrected chi connectivity index (χ4v) is 4.16. The summed E-state index contributed by atoms with van der Waals surface area (Å²) in [6.45, 7) is 0.545. The van der Waals surface area contributed by atoms with E-state index in [1.807, 2.05) is 6.07 Å². The maximum absolute atomic E-state index is 12.2. The van der Waals surface area contributed by atoms with Crippen LogP contribution in [0.4, 0.5) is 0 Å². The molecule has 1 aliphatic heterocycles. The van der Waals surface area contributed by atoms with Crippen molar-refractivity contribution in [1.29, 1.82) is 0 Å². The number of nitrogens with zero attached hydrogens (tertiary/aromatic N) is 1. The Balaban J connectivity index is 1.32. The lowest BCUT2D eigenvalue weighted by Crippen LogP contribution is -2.58. The fraction of sp³-hybridized carbons (Fsp3) is 0.417. The molecule has 0 aliphatic carbocycles. The summed E-state index contributed by atoms with van der Waals surface area (Å²) < 4.78 is 28.8. The van der Waals surface area contributed by atoms with Crippen molar-refractivity contribution in [1.82, 2.24) is 10.2 Å². The van der Waals surface area contributed by atoms with Crippen LogP contribution < -0.4 is 10.1 Å². The lowest BCUT2D eigenvalue weighted by Gasteiger charge is -2.39. The Morgan fingerprint density at radius 1 is 1.03 bits per heavy atom. The minimum absolute atomic E-state index is 0.0427. The number of carbonyl (C=O) groups excluding carboxylic acids is 2. The van der Waals surface area contributed by atoms with Crippen molar-refractivity contribution in [2.45, 2.75) is 49.6 Å². The van der Waals surface area contributed by atoms with Crippen molar-refractivity contribution in [2.75, 3.05) is 19.3 Å². The number of ether oxygens (including phenoxy) is 1. The number of hydrogen-bond acceptors (Lipinski definition) is 5. The molecular formula is C24H30N2O5S. The Morgan fingerprint density at radius 3 is 2.38 bits per heavy atom. The fourth-order valence-electron chi connectivity index (χ4n) is 3.53. The lowest BCUT2D eigenvalue weighted by molar-refractivity contribution is -0.163. The van der Waals surface area contributed by atoms with Gasteiger partial charge in [-0.1, -0.05) is 43.2 Å². The minimum Gasteiger partial charge on any atom is -0.470 e. The number of benzene rings is 2. The van der Waals surface area contributed by atoms with Gasteiger partial charge in [-0.15, -0.1) is 0 Å². The van der Waals surface area contributed by atoms with Crippen LogP contribution in [-0.4, -0.2) is 50.7 Å². The summed E-state index contributed by atoms with van der Waals surface area (Å²) >= 11 is 0. The first-order valence-corrected chi connectivity index (χ1v) is 12.8. The summed E-state index contributed by atoms with van der Waals surface area (Å²) in [7, 11) is -3.28. The van der Waals surface area contributed by atoms with Crippen LogP contribution in [0.2, 0.25) is 0 Å². The molecule has 1 saturated heterocycles. The number of amides is 2. The van der Waals surface area contributed by atoms with Gasteiger partial charge < -0.3 is 10.1 Å². The standard InChI is InChI=1S/C24H30N2O5S/c1-32(29,30)21-14-12-20(13-15-21)31-24-17-23(28)26(24)18-22(27)25-16-8-3-2-5-9-19-10-6-4-7-11-19/h4,6-7,10-15,24H,2-3,5,8-9,16-18H2,1H3,(H,25,27). The second-order valence-corrected chi connectivity index (χ2v) is 10.1. The van der Waals surface area contributed by atoms with Gasteiger partial charge in [0.15, 0.2) is 16.1 Å². The Labute approximate surface area is 189 Å². The number of likely N-dealkylation sites (tertiary alicyclic amines) is 1. The highest BCUT2D eigenvalue weighted by Gasteiger charge is 2.39. The topological polar surface area (TPSA) is 92.8 Å². The van der Waals surface area contributed by atoms with Gasteiger partial charge >= 0.3 is 0 Å². The Morgan fingerprint density at radius 2 is 1.72 bits per heavy atom. The number of carbonyl (C=O) groups is 2. The summed E-state index contributed by atoms with van der Waals surface area (Å²) in [5, 5.41) is 2.86. The van der Waals surface area contributed by atoms with Gasteiger partial charge in [0, 0.05) is 12.8 Å². The van der Waals surface area contributed by atoms with E-state index in [0.29, 0.717) is 12.3 Å². The van der Waals surface area contributed by atoms with Crippen LogP contribution in [0.1, 0.15) is 37.7 Å². The van der Waals surface area contributed by atoms with Crippen LogP contribution in [-0.2, 0) is 25.8 Å². The molecule has 8 heteroatoms. The van der Waals surface area contributed by atoms with Gasteiger partial charge in [-0.25, -0.2) is 8.42 Å². The Bertz CT molecular complexity index is 1010. The highest BCUT2D eigenvalue weighted by molar-refractivity contribution is 7.90. The van der Waals surface area contributed by atoms with Crippen LogP contribution in [0.25, 0.3) is 0 Å². The molecule has 1 N–H and O–H groups in total. The number of nitrogens with one attached hydrogen (secondary N) is 1. The van der Waals surface area contributed by atoms with Gasteiger partial charge in [0.1, 0.15) is 12.3 Å². The summed E-state index contributed by atoms with van der Waals surface area (Å²) in [6.07, 6.45) is 6.08. The molecule has 3 rings (SSSR count). The number of aryl methyl sites for hydroxylation is 1. The SMILES string of the molecule is CS(=O)(=O)c1ccc(OC2CC(=O)N2CC(=O)NCCCCCCc2ccccc2)cc1. The third-order valence-corrected chi connectivity index (χ3v) is 6.54. The third kappa shape index (κ3) is 7.09. The molecule has 0 saturated carbocycles. The second kappa shape index (κ2) is 11.1. The number of hydrogen-bond donors (Lipinski definition) is 1. The average molecular weight is 459 g/mol. The number of unbranched alkanes of at least 4 members (excludes halogenated alkanes) is 3. The van der Waals surface area contributed by atoms with Gasteiger partial charge in [0.2, 0.25) is 11.8 Å². The lowest BCUT2D eigenvalue weighted by atomic mass is 10.1. The molecule has 172 valence electrons. The molecule has 0 aromatic heterocycles. The zero-order chi connectivity index (χ0) is 23.0. The van der Waals surface area contributed by atoms with Crippen LogP contribution in [0, 0.1) is 0 Å². The molecule has 2 aromatic carbocycles. The third-order valence-electron chi connectivity index (χ3n) is 5.41. The van der Waals surface area contributed by atoms with Crippen molar-refractivity contribution in [3.8, 4) is 5.75 Å². The van der Waals surface area contributed by atoms with Crippen molar-refractivity contribution in [2.24, 2.45) is 0 Å². The molecule has 0 radical (unpaired) electrons. The van der Waals surface area contributed by atoms with E-state index < -0.39 is 16.1 Å². The quantitative estimate of drug-likeness (QED) is 0.390.